The van der Waals surface area contributed by atoms with Gasteiger partial charge in [0.25, 0.3) is 0 Å². The number of nitrogen functional groups attached to an aromatic ring is 1. The van der Waals surface area contributed by atoms with E-state index >= 15 is 0 Å². The number of ketones is 1. The molecule has 0 heterocycles. The lowest BCUT2D eigenvalue weighted by atomic mass is 10.1. The molecule has 1 aromatic rings. The molecule has 0 unspecified atom stereocenters. The van der Waals surface area contributed by atoms with Gasteiger partial charge in [-0.2, -0.15) is 0 Å². The van der Waals surface area contributed by atoms with Crippen LogP contribution in [0.15, 0.2) is 18.2 Å². The van der Waals surface area contributed by atoms with Crippen molar-refractivity contribution in [3.63, 3.8) is 0 Å². The molecule has 1 rings (SSSR count). The first-order chi connectivity index (χ1) is 10.0. The number of benzene rings is 1. The number of Topliss-reactive ketones (excluding diaryl/α,β-unsaturated/α-hetero) is 1. The van der Waals surface area contributed by atoms with Crippen molar-refractivity contribution in [2.24, 2.45) is 0 Å². The number of ether oxygens (including phenoxy) is 2. The molecular formula is C16H23NO4. The lowest BCUT2D eigenvalue weighted by Crippen LogP contribution is -2.05. The topological polar surface area (TPSA) is 78.6 Å². The fraction of sp³-hybridized carbons (Fsp3) is 0.500. The van der Waals surface area contributed by atoms with Gasteiger partial charge in [0.2, 0.25) is 0 Å². The second-order valence-corrected chi connectivity index (χ2v) is 4.78. The van der Waals surface area contributed by atoms with Gasteiger partial charge in [-0.3, -0.25) is 9.59 Å². The van der Waals surface area contributed by atoms with Gasteiger partial charge >= 0.3 is 5.97 Å². The zero-order chi connectivity index (χ0) is 15.7. The SMILES string of the molecule is CCOC(=O)CCCCCOc1ccc(N)cc1C(C)=O. The summed E-state index contributed by atoms with van der Waals surface area (Å²) in [5, 5.41) is 0. The number of unbranched alkanes of at least 4 members (excludes halogenated alkanes) is 2. The van der Waals surface area contributed by atoms with Gasteiger partial charge in [-0.1, -0.05) is 0 Å². The smallest absolute Gasteiger partial charge is 0.305 e. The summed E-state index contributed by atoms with van der Waals surface area (Å²) < 4.78 is 10.5. The Labute approximate surface area is 125 Å². The minimum Gasteiger partial charge on any atom is -0.493 e. The van der Waals surface area contributed by atoms with Gasteiger partial charge in [0.1, 0.15) is 5.75 Å². The average molecular weight is 293 g/mol. The summed E-state index contributed by atoms with van der Waals surface area (Å²) in [5.74, 6) is 0.331. The molecule has 0 radical (unpaired) electrons. The Morgan fingerprint density at radius 3 is 2.62 bits per heavy atom. The minimum atomic E-state index is -0.157. The Balaban J connectivity index is 2.30. The van der Waals surface area contributed by atoms with Gasteiger partial charge in [-0.25, -0.2) is 0 Å². The van der Waals surface area contributed by atoms with Crippen LogP contribution < -0.4 is 10.5 Å². The maximum Gasteiger partial charge on any atom is 0.305 e. The number of rotatable bonds is 9. The fourth-order valence-corrected chi connectivity index (χ4v) is 1.91. The van der Waals surface area contributed by atoms with Crippen LogP contribution in [0.3, 0.4) is 0 Å². The van der Waals surface area contributed by atoms with Crippen molar-refractivity contribution in [2.45, 2.75) is 39.5 Å². The number of hydrogen-bond acceptors (Lipinski definition) is 5. The van der Waals surface area contributed by atoms with Gasteiger partial charge in [0.05, 0.1) is 18.8 Å². The molecule has 0 fully saturated rings. The molecule has 0 saturated heterocycles. The molecule has 0 bridgehead atoms. The summed E-state index contributed by atoms with van der Waals surface area (Å²) >= 11 is 0. The molecule has 0 aliphatic heterocycles. The second kappa shape index (κ2) is 9.00. The number of nitrogens with two attached hydrogens (primary N) is 1. The highest BCUT2D eigenvalue weighted by molar-refractivity contribution is 5.97. The van der Waals surface area contributed by atoms with E-state index in [1.165, 1.54) is 6.92 Å². The molecule has 0 atom stereocenters. The molecule has 116 valence electrons. The quantitative estimate of drug-likeness (QED) is 0.328. The summed E-state index contributed by atoms with van der Waals surface area (Å²) in [4.78, 5) is 22.6. The van der Waals surface area contributed by atoms with Gasteiger partial charge < -0.3 is 15.2 Å². The van der Waals surface area contributed by atoms with Crippen molar-refractivity contribution >= 4 is 17.4 Å². The highest BCUT2D eigenvalue weighted by Gasteiger charge is 2.09. The first kappa shape index (κ1) is 17.0. The van der Waals surface area contributed by atoms with Crippen LogP contribution in [0.25, 0.3) is 0 Å². The Morgan fingerprint density at radius 1 is 1.19 bits per heavy atom. The monoisotopic (exact) mass is 293 g/mol. The van der Waals surface area contributed by atoms with Crippen molar-refractivity contribution < 1.29 is 19.1 Å². The highest BCUT2D eigenvalue weighted by Crippen LogP contribution is 2.22. The number of anilines is 1. The summed E-state index contributed by atoms with van der Waals surface area (Å²) in [6.45, 7) is 4.21. The molecular weight excluding hydrogens is 270 g/mol. The normalized spacial score (nSPS) is 10.2. The van der Waals surface area contributed by atoms with Crippen LogP contribution in [0.5, 0.6) is 5.75 Å². The van der Waals surface area contributed by atoms with Gasteiger partial charge in [-0.15, -0.1) is 0 Å². The van der Waals surface area contributed by atoms with Crippen LogP contribution in [0.2, 0.25) is 0 Å². The standard InChI is InChI=1S/C16H23NO4/c1-3-20-16(19)7-5-4-6-10-21-15-9-8-13(17)11-14(15)12(2)18/h8-9,11H,3-7,10,17H2,1-2H3. The summed E-state index contributed by atoms with van der Waals surface area (Å²) in [6.07, 6.45) is 2.92. The Kier molecular flexibility index (Phi) is 7.29. The van der Waals surface area contributed by atoms with Crippen LogP contribution >= 0.6 is 0 Å². The lowest BCUT2D eigenvalue weighted by molar-refractivity contribution is -0.143. The van der Waals surface area contributed by atoms with E-state index < -0.39 is 0 Å². The molecule has 5 heteroatoms. The fourth-order valence-electron chi connectivity index (χ4n) is 1.91. The summed E-state index contributed by atoms with van der Waals surface area (Å²) in [7, 11) is 0. The molecule has 21 heavy (non-hydrogen) atoms. The van der Waals surface area contributed by atoms with Crippen LogP contribution in [0.4, 0.5) is 5.69 Å². The number of carbonyl (C=O) groups is 2. The lowest BCUT2D eigenvalue weighted by Gasteiger charge is -2.10. The number of carbonyl (C=O) groups excluding carboxylic acids is 2. The number of esters is 1. The highest BCUT2D eigenvalue weighted by atomic mass is 16.5. The predicted octanol–water partition coefficient (Wildman–Crippen LogP) is 2.97. The van der Waals surface area contributed by atoms with Crippen molar-refractivity contribution in [3.05, 3.63) is 23.8 Å². The molecule has 0 amide bonds. The van der Waals surface area contributed by atoms with Crippen LogP contribution in [0, 0.1) is 0 Å². The second-order valence-electron chi connectivity index (χ2n) is 4.78. The molecule has 5 nitrogen and oxygen atoms in total. The molecule has 0 spiro atoms. The zero-order valence-corrected chi connectivity index (χ0v) is 12.7. The third-order valence-electron chi connectivity index (χ3n) is 2.97. The van der Waals surface area contributed by atoms with Crippen LogP contribution in [-0.4, -0.2) is 25.0 Å². The minimum absolute atomic E-state index is 0.0698. The molecule has 0 aromatic heterocycles. The van der Waals surface area contributed by atoms with E-state index in [-0.39, 0.29) is 11.8 Å². The maximum atomic E-state index is 11.5. The predicted molar refractivity (Wildman–Crippen MR) is 81.5 cm³/mol. The van der Waals surface area contributed by atoms with Crippen molar-refractivity contribution in [2.75, 3.05) is 18.9 Å². The molecule has 1 aromatic carbocycles. The van der Waals surface area contributed by atoms with Crippen molar-refractivity contribution in [1.29, 1.82) is 0 Å². The number of hydrogen-bond donors (Lipinski definition) is 1. The van der Waals surface area contributed by atoms with Gasteiger partial charge in [0.15, 0.2) is 5.78 Å². The van der Waals surface area contributed by atoms with E-state index in [0.29, 0.717) is 36.6 Å². The molecule has 2 N–H and O–H groups in total. The molecule has 0 aliphatic rings. The van der Waals surface area contributed by atoms with E-state index in [4.69, 9.17) is 15.2 Å². The first-order valence-corrected chi connectivity index (χ1v) is 7.23. The average Bonchev–Trinajstić information content (AvgIpc) is 2.44. The van der Waals surface area contributed by atoms with Crippen LogP contribution in [0.1, 0.15) is 49.9 Å². The van der Waals surface area contributed by atoms with Gasteiger partial charge in [0, 0.05) is 12.1 Å². The molecule has 0 saturated carbocycles. The van der Waals surface area contributed by atoms with Gasteiger partial charge in [-0.05, 0) is 51.3 Å². The van der Waals surface area contributed by atoms with Crippen molar-refractivity contribution in [1.82, 2.24) is 0 Å². The Morgan fingerprint density at radius 2 is 1.95 bits per heavy atom. The van der Waals surface area contributed by atoms with Crippen molar-refractivity contribution in [3.8, 4) is 5.75 Å². The largest absolute Gasteiger partial charge is 0.493 e. The van der Waals surface area contributed by atoms with E-state index in [0.717, 1.165) is 19.3 Å². The molecule has 0 aliphatic carbocycles. The van der Waals surface area contributed by atoms with Crippen LogP contribution in [-0.2, 0) is 9.53 Å². The van der Waals surface area contributed by atoms with E-state index in [9.17, 15) is 9.59 Å². The Bertz CT molecular complexity index is 485. The van der Waals surface area contributed by atoms with E-state index in [1.807, 2.05) is 0 Å². The Hall–Kier alpha value is -2.04. The summed E-state index contributed by atoms with van der Waals surface area (Å²) in [5.41, 5.74) is 6.71. The van der Waals surface area contributed by atoms with E-state index in [1.54, 1.807) is 25.1 Å². The third-order valence-corrected chi connectivity index (χ3v) is 2.97. The maximum absolute atomic E-state index is 11.5. The first-order valence-electron chi connectivity index (χ1n) is 7.23. The van der Waals surface area contributed by atoms with E-state index in [2.05, 4.69) is 0 Å². The third kappa shape index (κ3) is 6.29. The zero-order valence-electron chi connectivity index (χ0n) is 12.7. The summed E-state index contributed by atoms with van der Waals surface area (Å²) in [6, 6.07) is 5.05.